The van der Waals surface area contributed by atoms with Gasteiger partial charge in [0.25, 0.3) is 5.56 Å². The van der Waals surface area contributed by atoms with Gasteiger partial charge in [-0.05, 0) is 22.6 Å². The van der Waals surface area contributed by atoms with Crippen LogP contribution in [0.1, 0.15) is 5.56 Å². The molecule has 0 radical (unpaired) electrons. The van der Waals surface area contributed by atoms with Gasteiger partial charge >= 0.3 is 0 Å². The molecule has 0 saturated heterocycles. The summed E-state index contributed by atoms with van der Waals surface area (Å²) in [5.41, 5.74) is 0.365. The van der Waals surface area contributed by atoms with Crippen LogP contribution in [-0.2, 0) is 13.7 Å². The van der Waals surface area contributed by atoms with Gasteiger partial charge in [0.1, 0.15) is 0 Å². The zero-order valence-electron chi connectivity index (χ0n) is 6.34. The Hall–Kier alpha value is -0.0700. The van der Waals surface area contributed by atoms with E-state index >= 15 is 0 Å². The molecule has 0 unspecified atom stereocenters. The quantitative estimate of drug-likeness (QED) is 0.790. The maximum absolute atomic E-state index is 11.3. The van der Waals surface area contributed by atoms with Gasteiger partial charge in [-0.3, -0.25) is 4.79 Å². The molecule has 0 aromatic carbocycles. The van der Waals surface area contributed by atoms with E-state index in [1.165, 1.54) is 10.8 Å². The summed E-state index contributed by atoms with van der Waals surface area (Å²) in [6.07, 6.45) is 1.50. The minimum atomic E-state index is -0.201. The summed E-state index contributed by atoms with van der Waals surface area (Å²) < 4.78 is 1.87. The van der Waals surface area contributed by atoms with Gasteiger partial charge in [0.2, 0.25) is 0 Å². The van der Waals surface area contributed by atoms with Crippen molar-refractivity contribution in [2.24, 2.45) is 7.05 Å². The molecule has 1 N–H and O–H groups in total. The SMILES string of the molecule is Cn1cc(Cl)c(CO)c(I)c1=O. The van der Waals surface area contributed by atoms with Crippen LogP contribution < -0.4 is 5.56 Å². The summed E-state index contributed by atoms with van der Waals surface area (Å²) in [7, 11) is 1.62. The van der Waals surface area contributed by atoms with Crippen molar-refractivity contribution >= 4 is 34.2 Å². The highest BCUT2D eigenvalue weighted by Crippen LogP contribution is 2.17. The Balaban J connectivity index is 3.52. The lowest BCUT2D eigenvalue weighted by atomic mass is 10.3. The number of aromatic nitrogens is 1. The fourth-order valence-electron chi connectivity index (χ4n) is 0.840. The van der Waals surface area contributed by atoms with Crippen molar-refractivity contribution in [3.05, 3.63) is 30.7 Å². The molecule has 5 heteroatoms. The zero-order chi connectivity index (χ0) is 9.30. The topological polar surface area (TPSA) is 42.2 Å². The summed E-state index contributed by atoms with van der Waals surface area (Å²) in [5, 5.41) is 9.30. The van der Waals surface area contributed by atoms with Crippen LogP contribution in [0, 0.1) is 3.57 Å². The van der Waals surface area contributed by atoms with Crippen LogP contribution in [0.5, 0.6) is 0 Å². The molecule has 1 rings (SSSR count). The number of hydrogen-bond donors (Lipinski definition) is 1. The molecule has 66 valence electrons. The molecule has 1 aromatic rings. The van der Waals surface area contributed by atoms with Gasteiger partial charge in [-0.15, -0.1) is 0 Å². The van der Waals surface area contributed by atoms with Crippen LogP contribution in [-0.4, -0.2) is 9.67 Å². The molecule has 0 spiro atoms. The van der Waals surface area contributed by atoms with Crippen LogP contribution in [0.15, 0.2) is 11.0 Å². The second-order valence-electron chi connectivity index (χ2n) is 2.34. The third-order valence-electron chi connectivity index (χ3n) is 1.53. The molecule has 0 atom stereocenters. The summed E-state index contributed by atoms with van der Waals surface area (Å²) >= 11 is 7.66. The van der Waals surface area contributed by atoms with Crippen molar-refractivity contribution in [3.8, 4) is 0 Å². The van der Waals surface area contributed by atoms with Crippen LogP contribution in [0.2, 0.25) is 5.02 Å². The molecule has 0 amide bonds. The van der Waals surface area contributed by atoms with Crippen molar-refractivity contribution in [3.63, 3.8) is 0 Å². The van der Waals surface area contributed by atoms with Crippen molar-refractivity contribution < 1.29 is 5.11 Å². The molecule has 0 aliphatic rings. The summed E-state index contributed by atoms with van der Waals surface area (Å²) in [4.78, 5) is 11.3. The van der Waals surface area contributed by atoms with Gasteiger partial charge in [0.05, 0.1) is 15.2 Å². The third-order valence-corrected chi connectivity index (χ3v) is 2.96. The highest BCUT2D eigenvalue weighted by atomic mass is 127. The standard InChI is InChI=1S/C7H7ClINO2/c1-10-2-5(8)4(3-11)6(9)7(10)12/h2,11H,3H2,1H3. The van der Waals surface area contributed by atoms with Gasteiger partial charge in [-0.25, -0.2) is 0 Å². The van der Waals surface area contributed by atoms with E-state index in [0.29, 0.717) is 14.2 Å². The monoisotopic (exact) mass is 299 g/mol. The average molecular weight is 299 g/mol. The van der Waals surface area contributed by atoms with Crippen molar-refractivity contribution in [2.75, 3.05) is 0 Å². The molecular weight excluding hydrogens is 292 g/mol. The Morgan fingerprint density at radius 1 is 1.75 bits per heavy atom. The second kappa shape index (κ2) is 3.76. The first-order valence-corrected chi connectivity index (χ1v) is 4.68. The lowest BCUT2D eigenvalue weighted by molar-refractivity contribution is 0.280. The minimum absolute atomic E-state index is 0.135. The molecule has 0 saturated carbocycles. The van der Waals surface area contributed by atoms with E-state index in [4.69, 9.17) is 16.7 Å². The first-order valence-electron chi connectivity index (χ1n) is 3.22. The second-order valence-corrected chi connectivity index (χ2v) is 3.83. The van der Waals surface area contributed by atoms with Gasteiger partial charge in [0, 0.05) is 18.8 Å². The van der Waals surface area contributed by atoms with E-state index in [1.807, 2.05) is 22.6 Å². The average Bonchev–Trinajstić information content (AvgIpc) is 2.01. The Kier molecular flexibility index (Phi) is 3.14. The smallest absolute Gasteiger partial charge is 0.264 e. The number of aliphatic hydroxyl groups is 1. The fourth-order valence-corrected chi connectivity index (χ4v) is 2.14. The number of aliphatic hydroxyl groups excluding tert-OH is 1. The highest BCUT2D eigenvalue weighted by molar-refractivity contribution is 14.1. The lowest BCUT2D eigenvalue weighted by Crippen LogP contribution is -2.21. The number of pyridine rings is 1. The number of aryl methyl sites for hydroxylation is 1. The van der Waals surface area contributed by atoms with Gasteiger partial charge in [-0.2, -0.15) is 0 Å². The molecule has 1 aromatic heterocycles. The molecule has 12 heavy (non-hydrogen) atoms. The lowest BCUT2D eigenvalue weighted by Gasteiger charge is -2.05. The number of halogens is 2. The van der Waals surface area contributed by atoms with E-state index in [-0.39, 0.29) is 12.2 Å². The maximum atomic E-state index is 11.3. The summed E-state index contributed by atoms with van der Waals surface area (Å²) in [6.45, 7) is -0.201. The molecule has 1 heterocycles. The predicted octanol–water partition coefficient (Wildman–Crippen LogP) is 1.14. The van der Waals surface area contributed by atoms with E-state index in [0.717, 1.165) is 0 Å². The minimum Gasteiger partial charge on any atom is -0.392 e. The molecule has 0 aliphatic carbocycles. The van der Waals surface area contributed by atoms with Crippen molar-refractivity contribution in [2.45, 2.75) is 6.61 Å². The van der Waals surface area contributed by atoms with E-state index in [1.54, 1.807) is 7.05 Å². The van der Waals surface area contributed by atoms with Crippen LogP contribution >= 0.6 is 34.2 Å². The van der Waals surface area contributed by atoms with Crippen molar-refractivity contribution in [1.29, 1.82) is 0 Å². The van der Waals surface area contributed by atoms with Crippen LogP contribution in [0.4, 0.5) is 0 Å². The maximum Gasteiger partial charge on any atom is 0.264 e. The van der Waals surface area contributed by atoms with E-state index < -0.39 is 0 Å². The Morgan fingerprint density at radius 3 is 2.83 bits per heavy atom. The molecule has 0 aliphatic heterocycles. The highest BCUT2D eigenvalue weighted by Gasteiger charge is 2.09. The Bertz CT molecular complexity index is 361. The summed E-state index contributed by atoms with van der Waals surface area (Å²) in [6, 6.07) is 0. The largest absolute Gasteiger partial charge is 0.392 e. The third kappa shape index (κ3) is 1.65. The van der Waals surface area contributed by atoms with Crippen LogP contribution in [0.25, 0.3) is 0 Å². The van der Waals surface area contributed by atoms with Crippen LogP contribution in [0.3, 0.4) is 0 Å². The van der Waals surface area contributed by atoms with Gasteiger partial charge in [-0.1, -0.05) is 11.6 Å². The summed E-state index contributed by atoms with van der Waals surface area (Å²) in [5.74, 6) is 0. The predicted molar refractivity (Wildman–Crippen MR) is 55.3 cm³/mol. The normalized spacial score (nSPS) is 10.3. The molecular formula is C7H7ClINO2. The zero-order valence-corrected chi connectivity index (χ0v) is 9.26. The van der Waals surface area contributed by atoms with E-state index in [2.05, 4.69) is 0 Å². The molecule has 0 bridgehead atoms. The number of nitrogens with zero attached hydrogens (tertiary/aromatic N) is 1. The Labute approximate surface area is 88.1 Å². The van der Waals surface area contributed by atoms with E-state index in [9.17, 15) is 4.79 Å². The van der Waals surface area contributed by atoms with Crippen molar-refractivity contribution in [1.82, 2.24) is 4.57 Å². The fraction of sp³-hybridized carbons (Fsp3) is 0.286. The Morgan fingerprint density at radius 2 is 2.33 bits per heavy atom. The number of rotatable bonds is 1. The van der Waals surface area contributed by atoms with Gasteiger partial charge in [0.15, 0.2) is 0 Å². The first kappa shape index (κ1) is 10.0. The van der Waals surface area contributed by atoms with Gasteiger partial charge < -0.3 is 9.67 Å². The first-order chi connectivity index (χ1) is 5.57. The molecule has 0 fully saturated rings. The number of hydrogen-bond acceptors (Lipinski definition) is 2. The molecule has 3 nitrogen and oxygen atoms in total.